The summed E-state index contributed by atoms with van der Waals surface area (Å²) in [5, 5.41) is 0. The van der Waals surface area contributed by atoms with Crippen molar-refractivity contribution in [3.8, 4) is 0 Å². The Morgan fingerprint density at radius 2 is 2.00 bits per heavy atom. The summed E-state index contributed by atoms with van der Waals surface area (Å²) < 4.78 is 0. The van der Waals surface area contributed by atoms with E-state index in [1.807, 2.05) is 42.6 Å². The molecular weight excluding hydrogens is 198 g/mol. The zero-order chi connectivity index (χ0) is 11.4. The SMILES string of the molecule is CC(c1cccnc1)c1cccc(C=O)c1. The lowest BCUT2D eigenvalue weighted by atomic mass is 9.93. The second kappa shape index (κ2) is 4.71. The maximum absolute atomic E-state index is 10.7. The van der Waals surface area contributed by atoms with Crippen molar-refractivity contribution in [3.05, 3.63) is 65.5 Å². The van der Waals surface area contributed by atoms with Crippen molar-refractivity contribution >= 4 is 6.29 Å². The van der Waals surface area contributed by atoms with Crippen LogP contribution in [0.2, 0.25) is 0 Å². The first-order chi connectivity index (χ1) is 7.81. The largest absolute Gasteiger partial charge is 0.298 e. The van der Waals surface area contributed by atoms with Crippen LogP contribution in [0.3, 0.4) is 0 Å². The number of carbonyl (C=O) groups is 1. The van der Waals surface area contributed by atoms with Crippen molar-refractivity contribution in [2.24, 2.45) is 0 Å². The fourth-order valence-electron chi connectivity index (χ4n) is 1.73. The molecule has 0 aliphatic carbocycles. The maximum atomic E-state index is 10.7. The Morgan fingerprint density at radius 1 is 1.19 bits per heavy atom. The van der Waals surface area contributed by atoms with Gasteiger partial charge in [0.2, 0.25) is 0 Å². The molecule has 0 aliphatic heterocycles. The van der Waals surface area contributed by atoms with Gasteiger partial charge in [0.1, 0.15) is 6.29 Å². The van der Waals surface area contributed by atoms with Crippen molar-refractivity contribution in [2.75, 3.05) is 0 Å². The van der Waals surface area contributed by atoms with Gasteiger partial charge in [0.25, 0.3) is 0 Å². The van der Waals surface area contributed by atoms with Gasteiger partial charge in [-0.25, -0.2) is 0 Å². The summed E-state index contributed by atoms with van der Waals surface area (Å²) in [7, 11) is 0. The Kier molecular flexibility index (Phi) is 3.10. The minimum Gasteiger partial charge on any atom is -0.298 e. The van der Waals surface area contributed by atoms with Crippen molar-refractivity contribution < 1.29 is 4.79 Å². The zero-order valence-corrected chi connectivity index (χ0v) is 9.13. The first-order valence-corrected chi connectivity index (χ1v) is 5.26. The molecule has 0 spiro atoms. The molecule has 1 unspecified atom stereocenters. The Labute approximate surface area is 95.0 Å². The van der Waals surface area contributed by atoms with Crippen molar-refractivity contribution in [1.82, 2.24) is 4.98 Å². The number of aldehydes is 1. The number of benzene rings is 1. The van der Waals surface area contributed by atoms with Gasteiger partial charge in [0.15, 0.2) is 0 Å². The van der Waals surface area contributed by atoms with Crippen LogP contribution in [0, 0.1) is 0 Å². The average Bonchev–Trinajstić information content (AvgIpc) is 2.39. The second-order valence-electron chi connectivity index (χ2n) is 3.80. The normalized spacial score (nSPS) is 12.1. The monoisotopic (exact) mass is 211 g/mol. The summed E-state index contributed by atoms with van der Waals surface area (Å²) in [4.78, 5) is 14.8. The van der Waals surface area contributed by atoms with E-state index in [-0.39, 0.29) is 5.92 Å². The number of hydrogen-bond acceptors (Lipinski definition) is 2. The number of aromatic nitrogens is 1. The molecule has 0 N–H and O–H groups in total. The Hall–Kier alpha value is -1.96. The molecule has 0 radical (unpaired) electrons. The van der Waals surface area contributed by atoms with Gasteiger partial charge < -0.3 is 0 Å². The third-order valence-corrected chi connectivity index (χ3v) is 2.73. The highest BCUT2D eigenvalue weighted by molar-refractivity contribution is 5.75. The van der Waals surface area contributed by atoms with Crippen molar-refractivity contribution in [3.63, 3.8) is 0 Å². The minimum absolute atomic E-state index is 0.258. The second-order valence-corrected chi connectivity index (χ2v) is 3.80. The zero-order valence-electron chi connectivity index (χ0n) is 9.13. The van der Waals surface area contributed by atoms with Crippen LogP contribution in [0.1, 0.15) is 34.3 Å². The third kappa shape index (κ3) is 2.16. The fourth-order valence-corrected chi connectivity index (χ4v) is 1.73. The van der Waals surface area contributed by atoms with Gasteiger partial charge in [-0.15, -0.1) is 0 Å². The van der Waals surface area contributed by atoms with Crippen LogP contribution in [0.4, 0.5) is 0 Å². The van der Waals surface area contributed by atoms with Crippen LogP contribution in [-0.4, -0.2) is 11.3 Å². The van der Waals surface area contributed by atoms with Gasteiger partial charge in [0, 0.05) is 23.9 Å². The Bertz CT molecular complexity index is 479. The van der Waals surface area contributed by atoms with E-state index >= 15 is 0 Å². The predicted molar refractivity (Wildman–Crippen MR) is 63.6 cm³/mol. The number of carbonyl (C=O) groups excluding carboxylic acids is 1. The van der Waals surface area contributed by atoms with Gasteiger partial charge in [0.05, 0.1) is 0 Å². The van der Waals surface area contributed by atoms with Crippen LogP contribution in [0.5, 0.6) is 0 Å². The standard InChI is InChI=1S/C14H13NO/c1-11(14-6-3-7-15-9-14)13-5-2-4-12(8-13)10-16/h2-11H,1H3. The molecule has 1 aromatic heterocycles. The van der Waals surface area contributed by atoms with E-state index in [1.165, 1.54) is 0 Å². The molecule has 1 aromatic carbocycles. The molecule has 2 rings (SSSR count). The average molecular weight is 211 g/mol. The van der Waals surface area contributed by atoms with Crippen LogP contribution in [-0.2, 0) is 0 Å². The molecular formula is C14H13NO. The number of hydrogen-bond donors (Lipinski definition) is 0. The van der Waals surface area contributed by atoms with Crippen molar-refractivity contribution in [1.29, 1.82) is 0 Å². The minimum atomic E-state index is 0.258. The summed E-state index contributed by atoms with van der Waals surface area (Å²) in [6, 6.07) is 11.6. The molecule has 1 atom stereocenters. The summed E-state index contributed by atoms with van der Waals surface area (Å²) in [6.07, 6.45) is 4.50. The number of rotatable bonds is 3. The molecule has 0 saturated heterocycles. The third-order valence-electron chi connectivity index (χ3n) is 2.73. The smallest absolute Gasteiger partial charge is 0.150 e. The Balaban J connectivity index is 2.34. The molecule has 16 heavy (non-hydrogen) atoms. The summed E-state index contributed by atoms with van der Waals surface area (Å²) >= 11 is 0. The van der Waals surface area contributed by atoms with E-state index < -0.39 is 0 Å². The van der Waals surface area contributed by atoms with Gasteiger partial charge in [-0.1, -0.05) is 31.2 Å². The van der Waals surface area contributed by atoms with E-state index in [9.17, 15) is 4.79 Å². The van der Waals surface area contributed by atoms with Gasteiger partial charge in [-0.2, -0.15) is 0 Å². The molecule has 0 saturated carbocycles. The first-order valence-electron chi connectivity index (χ1n) is 5.26. The van der Waals surface area contributed by atoms with E-state index in [0.29, 0.717) is 5.56 Å². The number of nitrogens with zero attached hydrogens (tertiary/aromatic N) is 1. The maximum Gasteiger partial charge on any atom is 0.150 e. The highest BCUT2D eigenvalue weighted by atomic mass is 16.1. The van der Waals surface area contributed by atoms with Crippen LogP contribution < -0.4 is 0 Å². The molecule has 0 fully saturated rings. The molecule has 2 nitrogen and oxygen atoms in total. The van der Waals surface area contributed by atoms with Crippen LogP contribution >= 0.6 is 0 Å². The topological polar surface area (TPSA) is 30.0 Å². The molecule has 2 heteroatoms. The molecule has 2 aromatic rings. The summed E-state index contributed by atoms with van der Waals surface area (Å²) in [5.74, 6) is 0.258. The molecule has 80 valence electrons. The first kappa shape index (κ1) is 10.6. The quantitative estimate of drug-likeness (QED) is 0.730. The Morgan fingerprint density at radius 3 is 2.69 bits per heavy atom. The lowest BCUT2D eigenvalue weighted by Crippen LogP contribution is -1.97. The van der Waals surface area contributed by atoms with Crippen molar-refractivity contribution in [2.45, 2.75) is 12.8 Å². The highest BCUT2D eigenvalue weighted by Crippen LogP contribution is 2.23. The summed E-state index contributed by atoms with van der Waals surface area (Å²) in [5.41, 5.74) is 3.01. The van der Waals surface area contributed by atoms with Gasteiger partial charge >= 0.3 is 0 Å². The lowest BCUT2D eigenvalue weighted by Gasteiger charge is -2.11. The van der Waals surface area contributed by atoms with E-state index in [1.54, 1.807) is 6.20 Å². The highest BCUT2D eigenvalue weighted by Gasteiger charge is 2.08. The molecule has 1 heterocycles. The lowest BCUT2D eigenvalue weighted by molar-refractivity contribution is 0.112. The molecule has 0 aliphatic rings. The molecule has 0 amide bonds. The van der Waals surface area contributed by atoms with E-state index in [4.69, 9.17) is 0 Å². The van der Waals surface area contributed by atoms with Gasteiger partial charge in [-0.3, -0.25) is 9.78 Å². The van der Waals surface area contributed by atoms with Crippen LogP contribution in [0.15, 0.2) is 48.8 Å². The van der Waals surface area contributed by atoms with E-state index in [2.05, 4.69) is 11.9 Å². The van der Waals surface area contributed by atoms with E-state index in [0.717, 1.165) is 17.4 Å². The molecule has 0 bridgehead atoms. The number of pyridine rings is 1. The van der Waals surface area contributed by atoms with Crippen LogP contribution in [0.25, 0.3) is 0 Å². The van der Waals surface area contributed by atoms with Gasteiger partial charge in [-0.05, 0) is 23.3 Å². The fraction of sp³-hybridized carbons (Fsp3) is 0.143. The predicted octanol–water partition coefficient (Wildman–Crippen LogP) is 3.05. The summed E-state index contributed by atoms with van der Waals surface area (Å²) in [6.45, 7) is 2.11.